The highest BCUT2D eigenvalue weighted by Crippen LogP contribution is 2.33. The van der Waals surface area contributed by atoms with Crippen molar-refractivity contribution in [1.82, 2.24) is 24.8 Å². The summed E-state index contributed by atoms with van der Waals surface area (Å²) in [5.41, 5.74) is 2.26. The van der Waals surface area contributed by atoms with E-state index < -0.39 is 5.69 Å². The number of nitrogens with zero attached hydrogens (tertiary/aromatic N) is 4. The summed E-state index contributed by atoms with van der Waals surface area (Å²) >= 11 is 1.34. The fourth-order valence-electron chi connectivity index (χ4n) is 5.88. The molecule has 232 valence electrons. The van der Waals surface area contributed by atoms with Gasteiger partial charge < -0.3 is 20.1 Å². The van der Waals surface area contributed by atoms with Crippen LogP contribution in [0.25, 0.3) is 32.7 Å². The molecule has 6 rings (SSSR count). The van der Waals surface area contributed by atoms with Gasteiger partial charge in [-0.05, 0) is 81.7 Å². The van der Waals surface area contributed by atoms with Crippen LogP contribution in [0.3, 0.4) is 0 Å². The second kappa shape index (κ2) is 14.0. The minimum Gasteiger partial charge on any atom is -0.511 e. The number of aliphatic hydroxyl groups is 1. The first-order valence-electron chi connectivity index (χ1n) is 14.1. The molecule has 12 heteroatoms. The molecule has 1 saturated carbocycles. The molecule has 2 atom stereocenters. The van der Waals surface area contributed by atoms with Gasteiger partial charge >= 0.3 is 5.69 Å². The summed E-state index contributed by atoms with van der Waals surface area (Å²) in [4.78, 5) is 37.5. The van der Waals surface area contributed by atoms with E-state index in [0.29, 0.717) is 44.8 Å². The maximum Gasteiger partial charge on any atom is 0.353 e. The monoisotopic (exact) mass is 651 g/mol. The maximum atomic E-state index is 13.6. The highest BCUT2D eigenvalue weighted by molar-refractivity contribution is 7.59. The van der Waals surface area contributed by atoms with E-state index >= 15 is 0 Å². The van der Waals surface area contributed by atoms with Crippen LogP contribution in [-0.4, -0.2) is 57.1 Å². The first-order valence-corrected chi connectivity index (χ1v) is 14.9. The Labute approximate surface area is 273 Å². The lowest BCUT2D eigenvalue weighted by molar-refractivity contribution is -0.122. The van der Waals surface area contributed by atoms with Gasteiger partial charge in [0, 0.05) is 18.7 Å². The number of rotatable bonds is 8. The average molecular weight is 652 g/mol. The summed E-state index contributed by atoms with van der Waals surface area (Å²) in [5, 5.41) is 15.2. The Kier molecular flexibility index (Phi) is 10.6. The van der Waals surface area contributed by atoms with Crippen LogP contribution in [0.15, 0.2) is 65.6 Å². The topological polar surface area (TPSA) is 110 Å². The largest absolute Gasteiger partial charge is 0.511 e. The van der Waals surface area contributed by atoms with Crippen LogP contribution in [0.2, 0.25) is 0 Å². The summed E-state index contributed by atoms with van der Waals surface area (Å²) in [5.74, 6) is 1.68. The van der Waals surface area contributed by atoms with E-state index in [0.717, 1.165) is 36.0 Å². The number of hydrogen-bond donors (Lipinski definition) is 2. The molecule has 0 saturated heterocycles. The number of carbonyl (C=O) groups excluding carboxylic acids is 1. The quantitative estimate of drug-likeness (QED) is 0.245. The Morgan fingerprint density at radius 3 is 2.61 bits per heavy atom. The normalized spacial score (nSPS) is 16.9. The first kappa shape index (κ1) is 33.3. The Hall–Kier alpha value is -3.58. The number of thiophene rings is 1. The number of aromatic nitrogens is 3. The van der Waals surface area contributed by atoms with Crippen molar-refractivity contribution in [1.29, 1.82) is 0 Å². The summed E-state index contributed by atoms with van der Waals surface area (Å²) in [6.45, 7) is 2.26. The molecule has 3 heterocycles. The van der Waals surface area contributed by atoms with Crippen LogP contribution < -0.4 is 20.3 Å². The number of hydrogen-bond acceptors (Lipinski definition) is 8. The lowest BCUT2D eigenvalue weighted by Crippen LogP contribution is -2.42. The van der Waals surface area contributed by atoms with Gasteiger partial charge in [-0.25, -0.2) is 9.78 Å². The molecule has 5 aromatic rings. The number of benzene rings is 2. The van der Waals surface area contributed by atoms with E-state index in [1.807, 2.05) is 80.5 Å². The van der Waals surface area contributed by atoms with Gasteiger partial charge in [-0.1, -0.05) is 24.6 Å². The molecule has 2 N–H and O–H groups in total. The van der Waals surface area contributed by atoms with Crippen molar-refractivity contribution in [3.63, 3.8) is 0 Å². The minimum absolute atomic E-state index is 0. The molecule has 0 bridgehead atoms. The van der Waals surface area contributed by atoms with Gasteiger partial charge in [-0.15, -0.1) is 11.3 Å². The number of ether oxygens (including phenoxy) is 1. The fraction of sp³-hybridized carbons (Fsp3) is 0.312. The van der Waals surface area contributed by atoms with Gasteiger partial charge in [0.05, 0.1) is 27.7 Å². The number of amides is 1. The van der Waals surface area contributed by atoms with Crippen molar-refractivity contribution < 1.29 is 14.6 Å². The Balaban J connectivity index is 0.00000221. The number of aliphatic hydroxyl groups excluding tert-OH is 1. The number of aryl methyl sites for hydroxylation is 1. The minimum atomic E-state index is -0.433. The number of likely N-dealkylation sites (N-methyl/N-ethyl adjacent to an activating group) is 1. The van der Waals surface area contributed by atoms with Crippen LogP contribution in [-0.2, 0) is 4.79 Å². The number of para-hydroxylation sites is 1. The summed E-state index contributed by atoms with van der Waals surface area (Å²) < 4.78 is 8.14. The molecule has 0 aliphatic heterocycles. The van der Waals surface area contributed by atoms with E-state index in [-0.39, 0.29) is 50.6 Å². The molecule has 0 radical (unpaired) electrons. The van der Waals surface area contributed by atoms with Gasteiger partial charge in [0.25, 0.3) is 0 Å². The van der Waals surface area contributed by atoms with Gasteiger partial charge in [-0.2, -0.15) is 32.0 Å². The highest BCUT2D eigenvalue weighted by Gasteiger charge is 2.30. The van der Waals surface area contributed by atoms with Crippen LogP contribution in [0, 0.1) is 12.8 Å². The van der Waals surface area contributed by atoms with E-state index in [1.165, 1.54) is 11.3 Å². The van der Waals surface area contributed by atoms with Crippen molar-refractivity contribution in [2.75, 3.05) is 20.6 Å². The summed E-state index contributed by atoms with van der Waals surface area (Å²) in [7, 11) is 3.73. The molecule has 0 spiro atoms. The molecular formula is C32H37N5O4S3. The third-order valence-corrected chi connectivity index (χ3v) is 8.89. The average Bonchev–Trinajstić information content (AvgIpc) is 3.54. The predicted octanol–water partition coefficient (Wildman–Crippen LogP) is 4.94. The van der Waals surface area contributed by atoms with E-state index in [1.54, 1.807) is 10.8 Å². The van der Waals surface area contributed by atoms with Crippen LogP contribution in [0.5, 0.6) is 11.5 Å². The Bertz CT molecular complexity index is 1890. The number of carbonyl (C=O) groups is 1. The third kappa shape index (κ3) is 6.73. The predicted molar refractivity (Wildman–Crippen MR) is 186 cm³/mol. The molecule has 3 aromatic heterocycles. The fourth-order valence-corrected chi connectivity index (χ4v) is 6.94. The zero-order chi connectivity index (χ0) is 29.4. The van der Waals surface area contributed by atoms with Crippen LogP contribution >= 0.6 is 38.3 Å². The SMILES string of the molecule is Cc1cc(Oc2ccccc2)ccc1-n1c(=O)nc2c(=C(O)C[C@H]3CCC[C@@H]3NC(=O)CN(C)C)sc3nccc1c32.S.S. The lowest BCUT2D eigenvalue weighted by atomic mass is 9.98. The van der Waals surface area contributed by atoms with Crippen molar-refractivity contribution in [2.24, 2.45) is 5.92 Å². The Morgan fingerprint density at radius 1 is 1.11 bits per heavy atom. The summed E-state index contributed by atoms with van der Waals surface area (Å²) in [6, 6.07) is 17.0. The maximum absolute atomic E-state index is 13.6. The Morgan fingerprint density at radius 2 is 1.89 bits per heavy atom. The second-order valence-corrected chi connectivity index (χ2v) is 12.1. The molecule has 1 aliphatic rings. The van der Waals surface area contributed by atoms with Crippen LogP contribution in [0.1, 0.15) is 31.2 Å². The molecule has 1 aliphatic carbocycles. The van der Waals surface area contributed by atoms with Gasteiger partial charge in [0.2, 0.25) is 5.91 Å². The number of pyridine rings is 1. The van der Waals surface area contributed by atoms with Crippen LogP contribution in [0.4, 0.5) is 0 Å². The first-order chi connectivity index (χ1) is 20.3. The third-order valence-electron chi connectivity index (χ3n) is 7.76. The van der Waals surface area contributed by atoms with Crippen molar-refractivity contribution in [3.05, 3.63) is 81.4 Å². The summed E-state index contributed by atoms with van der Waals surface area (Å²) in [6.07, 6.45) is 4.86. The molecular weight excluding hydrogens is 615 g/mol. The lowest BCUT2D eigenvalue weighted by Gasteiger charge is -2.21. The highest BCUT2D eigenvalue weighted by atomic mass is 32.1. The molecule has 2 aromatic carbocycles. The molecule has 0 unspecified atom stereocenters. The van der Waals surface area contributed by atoms with Crippen molar-refractivity contribution in [2.45, 2.75) is 38.6 Å². The van der Waals surface area contributed by atoms with Crippen molar-refractivity contribution in [3.8, 4) is 17.2 Å². The van der Waals surface area contributed by atoms with E-state index in [2.05, 4.69) is 15.3 Å². The molecule has 44 heavy (non-hydrogen) atoms. The zero-order valence-electron chi connectivity index (χ0n) is 24.8. The van der Waals surface area contributed by atoms with Gasteiger partial charge in [0.1, 0.15) is 27.6 Å². The van der Waals surface area contributed by atoms with E-state index in [9.17, 15) is 14.7 Å². The van der Waals surface area contributed by atoms with Gasteiger partial charge in [-0.3, -0.25) is 9.36 Å². The molecule has 1 amide bonds. The van der Waals surface area contributed by atoms with Gasteiger partial charge in [0.15, 0.2) is 0 Å². The molecule has 9 nitrogen and oxygen atoms in total. The molecule has 1 fully saturated rings. The zero-order valence-corrected chi connectivity index (χ0v) is 27.6. The number of nitrogens with one attached hydrogen (secondary N) is 1. The van der Waals surface area contributed by atoms with E-state index in [4.69, 9.17) is 4.74 Å². The second-order valence-electron chi connectivity index (χ2n) is 11.1. The smallest absolute Gasteiger partial charge is 0.353 e. The van der Waals surface area contributed by atoms with Crippen molar-refractivity contribution >= 4 is 71.2 Å². The standard InChI is InChI=1S/C32H33N5O4S.2H2S/c1-19-16-22(41-21-9-5-4-6-10-21)12-13-24(19)37-25-14-15-33-31-28(25)29(35-32(37)40)30(42-31)26(38)17-20-8-7-11-23(20)34-27(39)18-36(2)3;;/h4-6,9-10,12-16,20,23,38H,7-8,11,17-18H2,1-3H3,(H,34,39);2*1H2/t20-,23+;;/m1../s1.